The molecular weight excluding hydrogens is 270 g/mol. The molecule has 0 fully saturated rings. The normalized spacial score (nSPS) is 14.8. The van der Waals surface area contributed by atoms with Crippen LogP contribution in [0.2, 0.25) is 0 Å². The first-order valence-corrected chi connectivity index (χ1v) is 7.30. The van der Waals surface area contributed by atoms with Crippen molar-refractivity contribution in [2.45, 2.75) is 24.6 Å². The summed E-state index contributed by atoms with van der Waals surface area (Å²) in [7, 11) is -4.00. The maximum absolute atomic E-state index is 11.7. The molecule has 0 saturated heterocycles. The second kappa shape index (κ2) is 6.65. The van der Waals surface area contributed by atoms with Gasteiger partial charge in [0.1, 0.15) is 0 Å². The van der Waals surface area contributed by atoms with E-state index in [0.717, 1.165) is 12.5 Å². The van der Waals surface area contributed by atoms with Crippen molar-refractivity contribution in [2.75, 3.05) is 6.61 Å². The van der Waals surface area contributed by atoms with Gasteiger partial charge in [-0.1, -0.05) is 30.3 Å². The summed E-state index contributed by atoms with van der Waals surface area (Å²) in [5.41, 5.74) is 0.854. The lowest BCUT2D eigenvalue weighted by atomic mass is 10.1. The Morgan fingerprint density at radius 3 is 2.37 bits per heavy atom. The fourth-order valence-corrected chi connectivity index (χ4v) is 2.60. The van der Waals surface area contributed by atoms with E-state index >= 15 is 0 Å². The predicted octanol–water partition coefficient (Wildman–Crippen LogP) is -0.0175. The maximum Gasteiger partial charge on any atom is 0.323 e. The number of carbonyl (C=O) groups is 1. The third-order valence-electron chi connectivity index (χ3n) is 2.69. The van der Waals surface area contributed by atoms with Crippen LogP contribution in [-0.2, 0) is 21.2 Å². The molecule has 0 spiro atoms. The van der Waals surface area contributed by atoms with Gasteiger partial charge in [0, 0.05) is 6.04 Å². The van der Waals surface area contributed by atoms with E-state index < -0.39 is 33.9 Å². The topological polar surface area (TPSA) is 104 Å². The van der Waals surface area contributed by atoms with Crippen LogP contribution < -0.4 is 4.72 Å². The molecular formula is C12H17NO5S. The van der Waals surface area contributed by atoms with Gasteiger partial charge in [-0.2, -0.15) is 0 Å². The van der Waals surface area contributed by atoms with Crippen molar-refractivity contribution in [3.8, 4) is 0 Å². The molecule has 0 bridgehead atoms. The molecule has 3 N–H and O–H groups in total. The zero-order chi connectivity index (χ0) is 14.5. The minimum atomic E-state index is -4.00. The van der Waals surface area contributed by atoms with E-state index in [0.29, 0.717) is 6.42 Å². The largest absolute Gasteiger partial charge is 0.480 e. The second-order valence-electron chi connectivity index (χ2n) is 4.21. The molecule has 6 nitrogen and oxygen atoms in total. The van der Waals surface area contributed by atoms with Crippen molar-refractivity contribution in [3.05, 3.63) is 35.9 Å². The van der Waals surface area contributed by atoms with E-state index in [1.165, 1.54) is 0 Å². The molecule has 0 heterocycles. The van der Waals surface area contributed by atoms with Crippen LogP contribution in [0.5, 0.6) is 0 Å². The van der Waals surface area contributed by atoms with Crippen molar-refractivity contribution in [1.29, 1.82) is 0 Å². The van der Waals surface area contributed by atoms with Gasteiger partial charge in [-0.3, -0.25) is 4.79 Å². The number of aliphatic hydroxyl groups excluding tert-OH is 1. The van der Waals surface area contributed by atoms with E-state index in [-0.39, 0.29) is 0 Å². The summed E-state index contributed by atoms with van der Waals surface area (Å²) in [6.07, 6.45) is 0.295. The van der Waals surface area contributed by atoms with Crippen molar-refractivity contribution in [3.63, 3.8) is 0 Å². The Kier molecular flexibility index (Phi) is 5.46. The van der Waals surface area contributed by atoms with Crippen molar-refractivity contribution >= 4 is 16.0 Å². The third kappa shape index (κ3) is 4.62. The summed E-state index contributed by atoms with van der Waals surface area (Å²) in [5.74, 6) is -1.43. The summed E-state index contributed by atoms with van der Waals surface area (Å²) >= 11 is 0. The average molecular weight is 287 g/mol. The van der Waals surface area contributed by atoms with Gasteiger partial charge in [0.25, 0.3) is 0 Å². The molecule has 0 aliphatic carbocycles. The smallest absolute Gasteiger partial charge is 0.323 e. The van der Waals surface area contributed by atoms with Gasteiger partial charge in [-0.05, 0) is 18.9 Å². The third-order valence-corrected chi connectivity index (χ3v) is 4.48. The Bertz CT molecular complexity index is 514. The number of benzene rings is 1. The van der Waals surface area contributed by atoms with Crippen LogP contribution in [0.3, 0.4) is 0 Å². The lowest BCUT2D eigenvalue weighted by molar-refractivity contribution is -0.136. The molecule has 0 aliphatic rings. The Morgan fingerprint density at radius 1 is 1.32 bits per heavy atom. The Hall–Kier alpha value is -1.44. The van der Waals surface area contributed by atoms with Gasteiger partial charge in [0.15, 0.2) is 5.25 Å². The molecule has 0 amide bonds. The number of nitrogens with one attached hydrogen (secondary N) is 1. The van der Waals surface area contributed by atoms with Gasteiger partial charge in [0.05, 0.1) is 6.61 Å². The van der Waals surface area contributed by atoms with Crippen molar-refractivity contribution < 1.29 is 23.4 Å². The van der Waals surface area contributed by atoms with Gasteiger partial charge < -0.3 is 10.2 Å². The molecule has 2 atom stereocenters. The fraction of sp³-hybridized carbons (Fsp3) is 0.417. The first-order chi connectivity index (χ1) is 8.86. The SMILES string of the molecule is CC(C(=O)O)S(=O)(=O)N[C@@H](CO)Cc1ccccc1. The highest BCUT2D eigenvalue weighted by Crippen LogP contribution is 2.06. The minimum Gasteiger partial charge on any atom is -0.480 e. The van der Waals surface area contributed by atoms with Crippen LogP contribution in [0.1, 0.15) is 12.5 Å². The first kappa shape index (κ1) is 15.6. The van der Waals surface area contributed by atoms with Gasteiger partial charge in [-0.15, -0.1) is 0 Å². The second-order valence-corrected chi connectivity index (χ2v) is 6.25. The predicted molar refractivity (Wildman–Crippen MR) is 70.2 cm³/mol. The number of sulfonamides is 1. The zero-order valence-corrected chi connectivity index (χ0v) is 11.3. The maximum atomic E-state index is 11.7. The van der Waals surface area contributed by atoms with Gasteiger partial charge >= 0.3 is 5.97 Å². The number of hydrogen-bond acceptors (Lipinski definition) is 4. The lowest BCUT2D eigenvalue weighted by Gasteiger charge is -2.18. The van der Waals surface area contributed by atoms with Crippen LogP contribution >= 0.6 is 0 Å². The van der Waals surface area contributed by atoms with Crippen LogP contribution in [0.4, 0.5) is 0 Å². The summed E-state index contributed by atoms with van der Waals surface area (Å²) in [5, 5.41) is 16.3. The molecule has 1 aromatic carbocycles. The van der Waals surface area contributed by atoms with Gasteiger partial charge in [-0.25, -0.2) is 13.1 Å². The molecule has 19 heavy (non-hydrogen) atoms. The van der Waals surface area contributed by atoms with E-state index in [1.807, 2.05) is 6.07 Å². The fourth-order valence-electron chi connectivity index (χ4n) is 1.51. The molecule has 1 rings (SSSR count). The van der Waals surface area contributed by atoms with Crippen molar-refractivity contribution in [2.24, 2.45) is 0 Å². The highest BCUT2D eigenvalue weighted by atomic mass is 32.2. The number of rotatable bonds is 7. The number of aliphatic carboxylic acids is 1. The summed E-state index contributed by atoms with van der Waals surface area (Å²) in [6.45, 7) is 0.683. The molecule has 0 aromatic heterocycles. The minimum absolute atomic E-state index is 0.295. The van der Waals surface area contributed by atoms with E-state index in [1.54, 1.807) is 24.3 Å². The lowest BCUT2D eigenvalue weighted by Crippen LogP contribution is -2.45. The Morgan fingerprint density at radius 2 is 1.89 bits per heavy atom. The van der Waals surface area contributed by atoms with E-state index in [4.69, 9.17) is 5.11 Å². The molecule has 106 valence electrons. The van der Waals surface area contributed by atoms with Crippen molar-refractivity contribution in [1.82, 2.24) is 4.72 Å². The standard InChI is InChI=1S/C12H17NO5S/c1-9(12(15)16)19(17,18)13-11(8-14)7-10-5-3-2-4-6-10/h2-6,9,11,13-14H,7-8H2,1H3,(H,15,16)/t9?,11-/m1/s1. The molecule has 0 aliphatic heterocycles. The highest BCUT2D eigenvalue weighted by Gasteiger charge is 2.29. The number of carboxylic acid groups (broad SMARTS) is 1. The summed E-state index contributed by atoms with van der Waals surface area (Å²) in [4.78, 5) is 10.7. The van der Waals surface area contributed by atoms with Crippen LogP contribution in [0.25, 0.3) is 0 Å². The molecule has 1 unspecified atom stereocenters. The molecule has 0 saturated carbocycles. The number of aliphatic hydroxyl groups is 1. The Balaban J connectivity index is 2.75. The zero-order valence-electron chi connectivity index (χ0n) is 10.5. The van der Waals surface area contributed by atoms with E-state index in [9.17, 15) is 18.3 Å². The average Bonchev–Trinajstić information content (AvgIpc) is 2.37. The molecule has 0 radical (unpaired) electrons. The van der Waals surface area contributed by atoms with Gasteiger partial charge in [0.2, 0.25) is 10.0 Å². The number of carboxylic acids is 1. The van der Waals surface area contributed by atoms with Crippen LogP contribution in [0, 0.1) is 0 Å². The quantitative estimate of drug-likeness (QED) is 0.654. The van der Waals surface area contributed by atoms with Crippen LogP contribution in [-0.4, -0.2) is 42.5 Å². The van der Waals surface area contributed by atoms with Crippen LogP contribution in [0.15, 0.2) is 30.3 Å². The summed E-state index contributed by atoms with van der Waals surface area (Å²) in [6, 6.07) is 8.30. The monoisotopic (exact) mass is 287 g/mol. The number of hydrogen-bond donors (Lipinski definition) is 3. The van der Waals surface area contributed by atoms with E-state index in [2.05, 4.69) is 4.72 Å². The highest BCUT2D eigenvalue weighted by molar-refractivity contribution is 7.90. The Labute approximate surface area is 112 Å². The molecule has 1 aromatic rings. The summed E-state index contributed by atoms with van der Waals surface area (Å²) < 4.78 is 25.7. The first-order valence-electron chi connectivity index (χ1n) is 5.75. The molecule has 7 heteroatoms.